The van der Waals surface area contributed by atoms with E-state index in [4.69, 9.17) is 9.84 Å². The molecule has 0 saturated heterocycles. The molecule has 0 aromatic carbocycles. The first-order valence-electron chi connectivity index (χ1n) is 18.6. The fourth-order valence-electron chi connectivity index (χ4n) is 5.35. The Hall–Kier alpha value is -2.10. The largest absolute Gasteiger partial charge is 0.481 e. The molecular formula is C40H70O4. The van der Waals surface area contributed by atoms with Crippen molar-refractivity contribution >= 4 is 11.9 Å². The number of allylic oxidation sites excluding steroid dienone is 8. The van der Waals surface area contributed by atoms with Gasteiger partial charge in [-0.15, -0.1) is 0 Å². The van der Waals surface area contributed by atoms with Crippen LogP contribution in [0.15, 0.2) is 48.6 Å². The summed E-state index contributed by atoms with van der Waals surface area (Å²) in [4.78, 5) is 23.3. The number of ether oxygens (including phenoxy) is 1. The molecule has 0 aliphatic carbocycles. The summed E-state index contributed by atoms with van der Waals surface area (Å²) < 4.78 is 5.98. The molecule has 4 nitrogen and oxygen atoms in total. The van der Waals surface area contributed by atoms with Crippen LogP contribution in [0.4, 0.5) is 0 Å². The molecule has 0 amide bonds. The van der Waals surface area contributed by atoms with Crippen molar-refractivity contribution in [2.45, 2.75) is 193 Å². The molecule has 0 rings (SSSR count). The summed E-state index contributed by atoms with van der Waals surface area (Å²) in [6.45, 7) is 4.42. The number of hydrogen-bond donors (Lipinski definition) is 1. The summed E-state index contributed by atoms with van der Waals surface area (Å²) in [5.74, 6) is -0.725. The topological polar surface area (TPSA) is 63.6 Å². The van der Waals surface area contributed by atoms with Crippen LogP contribution in [0.2, 0.25) is 0 Å². The Balaban J connectivity index is 4.16. The van der Waals surface area contributed by atoms with Gasteiger partial charge in [-0.3, -0.25) is 9.59 Å². The molecule has 0 aromatic rings. The molecule has 1 atom stereocenters. The molecular weight excluding hydrogens is 544 g/mol. The van der Waals surface area contributed by atoms with Crippen molar-refractivity contribution in [3.05, 3.63) is 48.6 Å². The van der Waals surface area contributed by atoms with E-state index >= 15 is 0 Å². The Morgan fingerprint density at radius 2 is 0.955 bits per heavy atom. The molecule has 0 aliphatic heterocycles. The fraction of sp³-hybridized carbons (Fsp3) is 0.750. The lowest BCUT2D eigenvalue weighted by molar-refractivity contribution is -0.150. The molecule has 0 radical (unpaired) electrons. The maximum absolute atomic E-state index is 12.6. The van der Waals surface area contributed by atoms with Gasteiger partial charge in [-0.05, 0) is 77.0 Å². The average molecular weight is 615 g/mol. The Morgan fingerprint density at radius 1 is 0.523 bits per heavy atom. The summed E-state index contributed by atoms with van der Waals surface area (Å²) >= 11 is 0. The quantitative estimate of drug-likeness (QED) is 0.0454. The molecule has 254 valence electrons. The van der Waals surface area contributed by atoms with Gasteiger partial charge in [0, 0.05) is 12.8 Å². The number of esters is 1. The number of hydrogen-bond acceptors (Lipinski definition) is 3. The Morgan fingerprint density at radius 3 is 1.45 bits per heavy atom. The van der Waals surface area contributed by atoms with Crippen LogP contribution >= 0.6 is 0 Å². The van der Waals surface area contributed by atoms with Crippen LogP contribution in [0.3, 0.4) is 0 Å². The number of carbonyl (C=O) groups excluding carboxylic acids is 1. The molecule has 0 fully saturated rings. The molecule has 44 heavy (non-hydrogen) atoms. The minimum absolute atomic E-state index is 0.0269. The third-order valence-corrected chi connectivity index (χ3v) is 8.07. The van der Waals surface area contributed by atoms with E-state index in [1.165, 1.54) is 57.8 Å². The van der Waals surface area contributed by atoms with Crippen LogP contribution in [0.25, 0.3) is 0 Å². The van der Waals surface area contributed by atoms with Gasteiger partial charge >= 0.3 is 11.9 Å². The van der Waals surface area contributed by atoms with E-state index < -0.39 is 5.97 Å². The van der Waals surface area contributed by atoms with Crippen LogP contribution in [-0.4, -0.2) is 23.1 Å². The highest BCUT2D eigenvalue weighted by Gasteiger charge is 2.14. The maximum Gasteiger partial charge on any atom is 0.306 e. The van der Waals surface area contributed by atoms with Crippen molar-refractivity contribution in [3.63, 3.8) is 0 Å². The van der Waals surface area contributed by atoms with Crippen molar-refractivity contribution in [1.29, 1.82) is 0 Å². The number of aliphatic carboxylic acids is 1. The summed E-state index contributed by atoms with van der Waals surface area (Å²) in [5, 5.41) is 8.77. The minimum Gasteiger partial charge on any atom is -0.481 e. The number of carbonyl (C=O) groups is 2. The molecule has 0 aromatic heterocycles. The Kier molecular flexibility index (Phi) is 33.7. The highest BCUT2D eigenvalue weighted by atomic mass is 16.5. The molecule has 0 heterocycles. The second-order valence-corrected chi connectivity index (χ2v) is 12.4. The molecule has 1 N–H and O–H groups in total. The number of carboxylic acids is 1. The van der Waals surface area contributed by atoms with Crippen LogP contribution < -0.4 is 0 Å². The van der Waals surface area contributed by atoms with Crippen LogP contribution in [0.5, 0.6) is 0 Å². The Labute approximate surface area is 272 Å². The lowest BCUT2D eigenvalue weighted by Crippen LogP contribution is -2.18. The van der Waals surface area contributed by atoms with Crippen molar-refractivity contribution in [2.24, 2.45) is 0 Å². The third-order valence-electron chi connectivity index (χ3n) is 8.07. The standard InChI is InChI=1S/C40H70O4/c1-3-5-7-9-11-13-15-16-17-18-19-21-23-29-33-37-40(43)44-38(35-31-27-24-25-28-32-36-39(41)42)34-30-26-22-20-14-12-10-8-6-4-2/h5,7,11,13,16-17,19,21,38H,3-4,6,8-10,12,14-15,18,20,22-37H2,1-2H3,(H,41,42)/b7-5-,13-11-,17-16-,21-19-. The van der Waals surface area contributed by atoms with E-state index in [0.717, 1.165) is 103 Å². The smallest absolute Gasteiger partial charge is 0.306 e. The average Bonchev–Trinajstić information content (AvgIpc) is 3.01. The van der Waals surface area contributed by atoms with E-state index in [-0.39, 0.29) is 18.5 Å². The van der Waals surface area contributed by atoms with Crippen molar-refractivity contribution in [3.8, 4) is 0 Å². The zero-order valence-corrected chi connectivity index (χ0v) is 29.0. The first-order valence-corrected chi connectivity index (χ1v) is 18.6. The van der Waals surface area contributed by atoms with E-state index in [1.807, 2.05) is 0 Å². The van der Waals surface area contributed by atoms with Gasteiger partial charge in [-0.1, -0.05) is 146 Å². The van der Waals surface area contributed by atoms with Crippen LogP contribution in [0, 0.1) is 0 Å². The lowest BCUT2D eigenvalue weighted by Gasteiger charge is -2.18. The van der Waals surface area contributed by atoms with Crippen molar-refractivity contribution < 1.29 is 19.4 Å². The zero-order valence-electron chi connectivity index (χ0n) is 29.0. The number of rotatable bonds is 33. The first-order chi connectivity index (χ1) is 21.6. The van der Waals surface area contributed by atoms with Crippen molar-refractivity contribution in [2.75, 3.05) is 0 Å². The van der Waals surface area contributed by atoms with Crippen LogP contribution in [-0.2, 0) is 14.3 Å². The molecule has 4 heteroatoms. The molecule has 1 unspecified atom stereocenters. The zero-order chi connectivity index (χ0) is 32.2. The minimum atomic E-state index is -0.698. The number of carboxylic acid groups (broad SMARTS) is 1. The normalized spacial score (nSPS) is 12.8. The second kappa shape index (κ2) is 35.4. The van der Waals surface area contributed by atoms with Gasteiger partial charge in [0.05, 0.1) is 0 Å². The first kappa shape index (κ1) is 41.9. The highest BCUT2D eigenvalue weighted by Crippen LogP contribution is 2.19. The SMILES string of the molecule is CC/C=C\C/C=C\C/C=C\C/C=C\CCCCC(=O)OC(CCCCCCCCCCCC)CCCCCCCCC(=O)O. The number of unbranched alkanes of at least 4 members (excludes halogenated alkanes) is 16. The van der Waals surface area contributed by atoms with Gasteiger partial charge < -0.3 is 9.84 Å². The second-order valence-electron chi connectivity index (χ2n) is 12.4. The monoisotopic (exact) mass is 615 g/mol. The predicted molar refractivity (Wildman–Crippen MR) is 190 cm³/mol. The molecule has 0 aliphatic rings. The van der Waals surface area contributed by atoms with E-state index in [0.29, 0.717) is 6.42 Å². The van der Waals surface area contributed by atoms with Gasteiger partial charge in [-0.2, -0.15) is 0 Å². The Bertz CT molecular complexity index is 748. The summed E-state index contributed by atoms with van der Waals surface area (Å²) in [5.41, 5.74) is 0. The summed E-state index contributed by atoms with van der Waals surface area (Å²) in [6, 6.07) is 0. The van der Waals surface area contributed by atoms with E-state index in [1.54, 1.807) is 0 Å². The fourth-order valence-corrected chi connectivity index (χ4v) is 5.35. The molecule has 0 spiro atoms. The van der Waals surface area contributed by atoms with Gasteiger partial charge in [0.1, 0.15) is 6.10 Å². The predicted octanol–water partition coefficient (Wildman–Crippen LogP) is 12.8. The van der Waals surface area contributed by atoms with Gasteiger partial charge in [0.2, 0.25) is 0 Å². The summed E-state index contributed by atoms with van der Waals surface area (Å²) in [6.07, 6.45) is 46.9. The van der Waals surface area contributed by atoms with Crippen molar-refractivity contribution in [1.82, 2.24) is 0 Å². The molecule has 0 saturated carbocycles. The van der Waals surface area contributed by atoms with E-state index in [9.17, 15) is 9.59 Å². The highest BCUT2D eigenvalue weighted by molar-refractivity contribution is 5.69. The van der Waals surface area contributed by atoms with Gasteiger partial charge in [0.25, 0.3) is 0 Å². The van der Waals surface area contributed by atoms with Gasteiger partial charge in [-0.25, -0.2) is 0 Å². The van der Waals surface area contributed by atoms with E-state index in [2.05, 4.69) is 62.5 Å². The maximum atomic E-state index is 12.6. The third kappa shape index (κ3) is 34.4. The van der Waals surface area contributed by atoms with Crippen LogP contribution in [0.1, 0.15) is 187 Å². The lowest BCUT2D eigenvalue weighted by atomic mass is 10.0. The van der Waals surface area contributed by atoms with Gasteiger partial charge in [0.15, 0.2) is 0 Å². The molecule has 0 bridgehead atoms. The summed E-state index contributed by atoms with van der Waals surface area (Å²) in [7, 11) is 0.